The molecular weight excluding hydrogens is 284 g/mol. The molecule has 1 aliphatic rings. The first-order valence-electron chi connectivity index (χ1n) is 8.09. The van der Waals surface area contributed by atoms with E-state index in [2.05, 4.69) is 0 Å². The van der Waals surface area contributed by atoms with Crippen molar-refractivity contribution in [3.63, 3.8) is 0 Å². The number of rotatable bonds is 5. The molecule has 0 saturated heterocycles. The Balaban J connectivity index is 1.89. The quantitative estimate of drug-likeness (QED) is 0.758. The van der Waals surface area contributed by atoms with E-state index < -0.39 is 0 Å². The van der Waals surface area contributed by atoms with Crippen LogP contribution in [0.1, 0.15) is 35.7 Å². The third-order valence-corrected chi connectivity index (χ3v) is 4.60. The molecule has 116 valence electrons. The summed E-state index contributed by atoms with van der Waals surface area (Å²) >= 11 is 0. The van der Waals surface area contributed by atoms with Crippen LogP contribution in [-0.2, 0) is 4.79 Å². The maximum absolute atomic E-state index is 12.6. The van der Waals surface area contributed by atoms with Crippen molar-refractivity contribution >= 4 is 17.1 Å². The number of Topliss-reactive ketones (excluding diaryl/α,β-unsaturated/α-hetero) is 1. The summed E-state index contributed by atoms with van der Waals surface area (Å²) < 4.78 is 0. The van der Waals surface area contributed by atoms with Gasteiger partial charge in [0.1, 0.15) is 0 Å². The zero-order chi connectivity index (χ0) is 16.2. The van der Waals surface area contributed by atoms with E-state index in [0.717, 1.165) is 17.6 Å². The molecule has 2 heteroatoms. The fourth-order valence-corrected chi connectivity index (χ4v) is 3.39. The molecule has 2 aromatic rings. The van der Waals surface area contributed by atoms with E-state index in [-0.39, 0.29) is 23.4 Å². The monoisotopic (exact) mass is 304 g/mol. The minimum absolute atomic E-state index is 0.0254. The zero-order valence-corrected chi connectivity index (χ0v) is 13.2. The SMILES string of the molecule is CC[C@H]1C(=O)C=C(c2ccccc2)[C@@H]1CC(=O)c1ccccc1. The Kier molecular flexibility index (Phi) is 4.52. The molecule has 0 radical (unpaired) electrons. The van der Waals surface area contributed by atoms with Crippen molar-refractivity contribution in [2.24, 2.45) is 11.8 Å². The summed E-state index contributed by atoms with van der Waals surface area (Å²) in [5, 5.41) is 0. The van der Waals surface area contributed by atoms with Crippen molar-refractivity contribution in [1.82, 2.24) is 0 Å². The molecule has 0 bridgehead atoms. The number of carbonyl (C=O) groups excluding carboxylic acids is 2. The lowest BCUT2D eigenvalue weighted by molar-refractivity contribution is -0.118. The summed E-state index contributed by atoms with van der Waals surface area (Å²) in [5.74, 6) is 0.142. The molecule has 23 heavy (non-hydrogen) atoms. The predicted molar refractivity (Wildman–Crippen MR) is 92.1 cm³/mol. The highest BCUT2D eigenvalue weighted by Gasteiger charge is 2.36. The lowest BCUT2D eigenvalue weighted by Crippen LogP contribution is -2.19. The van der Waals surface area contributed by atoms with Gasteiger partial charge in [0.15, 0.2) is 11.6 Å². The Hall–Kier alpha value is -2.48. The molecule has 1 aliphatic carbocycles. The van der Waals surface area contributed by atoms with Gasteiger partial charge < -0.3 is 0 Å². The van der Waals surface area contributed by atoms with Crippen LogP contribution in [0.3, 0.4) is 0 Å². The van der Waals surface area contributed by atoms with E-state index in [9.17, 15) is 9.59 Å². The Morgan fingerprint density at radius 2 is 1.52 bits per heavy atom. The average Bonchev–Trinajstić information content (AvgIpc) is 2.92. The van der Waals surface area contributed by atoms with Gasteiger partial charge in [-0.3, -0.25) is 9.59 Å². The summed E-state index contributed by atoms with van der Waals surface area (Å²) in [7, 11) is 0. The maximum atomic E-state index is 12.6. The van der Waals surface area contributed by atoms with Crippen LogP contribution in [0.4, 0.5) is 0 Å². The molecule has 0 heterocycles. The van der Waals surface area contributed by atoms with Gasteiger partial charge in [-0.05, 0) is 23.6 Å². The van der Waals surface area contributed by atoms with Crippen LogP contribution in [0, 0.1) is 11.8 Å². The van der Waals surface area contributed by atoms with Crippen LogP contribution >= 0.6 is 0 Å². The predicted octanol–water partition coefficient (Wildman–Crippen LogP) is 4.57. The molecule has 0 N–H and O–H groups in total. The van der Waals surface area contributed by atoms with Crippen LogP contribution < -0.4 is 0 Å². The van der Waals surface area contributed by atoms with Gasteiger partial charge in [0, 0.05) is 23.8 Å². The van der Waals surface area contributed by atoms with Crippen LogP contribution in [0.2, 0.25) is 0 Å². The van der Waals surface area contributed by atoms with Crippen molar-refractivity contribution in [2.45, 2.75) is 19.8 Å². The van der Waals surface area contributed by atoms with Crippen LogP contribution in [-0.4, -0.2) is 11.6 Å². The van der Waals surface area contributed by atoms with Crippen LogP contribution in [0.25, 0.3) is 5.57 Å². The number of carbonyl (C=O) groups is 2. The standard InChI is InChI=1S/C21H20O2/c1-2-17-19(14-20(22)16-11-7-4-8-12-16)18(13-21(17)23)15-9-5-3-6-10-15/h3-13,17,19H,2,14H2,1H3/t17-,19-/m1/s1. The van der Waals surface area contributed by atoms with Crippen molar-refractivity contribution < 1.29 is 9.59 Å². The van der Waals surface area contributed by atoms with Gasteiger partial charge in [-0.1, -0.05) is 67.6 Å². The van der Waals surface area contributed by atoms with Crippen LogP contribution in [0.5, 0.6) is 0 Å². The van der Waals surface area contributed by atoms with Gasteiger partial charge in [-0.2, -0.15) is 0 Å². The van der Waals surface area contributed by atoms with Crippen molar-refractivity contribution in [2.75, 3.05) is 0 Å². The zero-order valence-electron chi connectivity index (χ0n) is 13.2. The molecular formula is C21H20O2. The van der Waals surface area contributed by atoms with Crippen molar-refractivity contribution in [3.05, 3.63) is 77.9 Å². The average molecular weight is 304 g/mol. The van der Waals surface area contributed by atoms with Gasteiger partial charge in [-0.15, -0.1) is 0 Å². The first-order chi connectivity index (χ1) is 11.2. The van der Waals surface area contributed by atoms with E-state index in [1.807, 2.05) is 67.6 Å². The number of hydrogen-bond acceptors (Lipinski definition) is 2. The van der Waals surface area contributed by atoms with E-state index in [1.165, 1.54) is 0 Å². The van der Waals surface area contributed by atoms with E-state index in [4.69, 9.17) is 0 Å². The first-order valence-corrected chi connectivity index (χ1v) is 8.09. The van der Waals surface area contributed by atoms with E-state index in [0.29, 0.717) is 12.0 Å². The Morgan fingerprint density at radius 1 is 0.913 bits per heavy atom. The summed E-state index contributed by atoms with van der Waals surface area (Å²) in [6.45, 7) is 2.02. The second kappa shape index (κ2) is 6.74. The van der Waals surface area contributed by atoms with Crippen molar-refractivity contribution in [1.29, 1.82) is 0 Å². The Morgan fingerprint density at radius 3 is 2.13 bits per heavy atom. The molecule has 0 amide bonds. The van der Waals surface area contributed by atoms with Gasteiger partial charge in [0.05, 0.1) is 0 Å². The third-order valence-electron chi connectivity index (χ3n) is 4.60. The fourth-order valence-electron chi connectivity index (χ4n) is 3.39. The molecule has 2 aromatic carbocycles. The molecule has 3 rings (SSSR count). The highest BCUT2D eigenvalue weighted by atomic mass is 16.1. The minimum Gasteiger partial charge on any atom is -0.295 e. The normalized spacial score (nSPS) is 20.4. The number of benzene rings is 2. The fraction of sp³-hybridized carbons (Fsp3) is 0.238. The minimum atomic E-state index is -0.0853. The second-order valence-electron chi connectivity index (χ2n) is 5.98. The lowest BCUT2D eigenvalue weighted by atomic mass is 9.81. The number of allylic oxidation sites excluding steroid dienone is 2. The first kappa shape index (κ1) is 15.4. The summed E-state index contributed by atoms with van der Waals surface area (Å²) in [4.78, 5) is 24.9. The Bertz CT molecular complexity index is 729. The molecule has 0 saturated carbocycles. The molecule has 0 fully saturated rings. The molecule has 0 spiro atoms. The van der Waals surface area contributed by atoms with Gasteiger partial charge in [0.2, 0.25) is 0 Å². The summed E-state index contributed by atoms with van der Waals surface area (Å²) in [6.07, 6.45) is 2.89. The number of hydrogen-bond donors (Lipinski definition) is 0. The topological polar surface area (TPSA) is 34.1 Å². The second-order valence-corrected chi connectivity index (χ2v) is 5.98. The van der Waals surface area contributed by atoms with Crippen LogP contribution in [0.15, 0.2) is 66.7 Å². The molecule has 0 aliphatic heterocycles. The van der Waals surface area contributed by atoms with Gasteiger partial charge in [0.25, 0.3) is 0 Å². The van der Waals surface area contributed by atoms with E-state index in [1.54, 1.807) is 6.08 Å². The molecule has 0 aromatic heterocycles. The lowest BCUT2D eigenvalue weighted by Gasteiger charge is -2.20. The van der Waals surface area contributed by atoms with Gasteiger partial charge in [-0.25, -0.2) is 0 Å². The molecule has 0 unspecified atom stereocenters. The summed E-state index contributed by atoms with van der Waals surface area (Å²) in [6, 6.07) is 19.2. The largest absolute Gasteiger partial charge is 0.295 e. The van der Waals surface area contributed by atoms with Gasteiger partial charge >= 0.3 is 0 Å². The highest BCUT2D eigenvalue weighted by molar-refractivity contribution is 6.06. The third kappa shape index (κ3) is 3.16. The maximum Gasteiger partial charge on any atom is 0.163 e. The summed E-state index contributed by atoms with van der Waals surface area (Å²) in [5.41, 5.74) is 2.77. The Labute approximate surface area is 136 Å². The molecule has 2 nitrogen and oxygen atoms in total. The van der Waals surface area contributed by atoms with Crippen molar-refractivity contribution in [3.8, 4) is 0 Å². The highest BCUT2D eigenvalue weighted by Crippen LogP contribution is 2.40. The smallest absolute Gasteiger partial charge is 0.163 e. The van der Waals surface area contributed by atoms with E-state index >= 15 is 0 Å². The number of ketones is 2. The molecule has 2 atom stereocenters.